The molecule has 0 aliphatic rings. The highest BCUT2D eigenvalue weighted by Gasteiger charge is 2.18. The van der Waals surface area contributed by atoms with Gasteiger partial charge in [0.25, 0.3) is 0 Å². The van der Waals surface area contributed by atoms with Crippen molar-refractivity contribution in [3.63, 3.8) is 0 Å². The SMILES string of the molecule is CC(C)(CO)Cc1ccc(Br)cc1Cl. The van der Waals surface area contributed by atoms with E-state index in [-0.39, 0.29) is 12.0 Å². The first-order valence-corrected chi connectivity index (χ1v) is 5.66. The van der Waals surface area contributed by atoms with Gasteiger partial charge in [-0.25, -0.2) is 0 Å². The molecule has 3 heteroatoms. The molecule has 0 heterocycles. The molecule has 0 aromatic heterocycles. The van der Waals surface area contributed by atoms with Gasteiger partial charge in [0, 0.05) is 16.1 Å². The molecule has 1 aromatic carbocycles. The monoisotopic (exact) mass is 276 g/mol. The molecule has 1 aromatic rings. The Morgan fingerprint density at radius 1 is 1.43 bits per heavy atom. The molecule has 0 saturated heterocycles. The fourth-order valence-corrected chi connectivity index (χ4v) is 1.98. The second-order valence-electron chi connectivity index (χ2n) is 4.23. The molecular weight excluding hydrogens is 263 g/mol. The third kappa shape index (κ3) is 3.26. The van der Waals surface area contributed by atoms with Crippen molar-refractivity contribution in [2.75, 3.05) is 6.61 Å². The number of aliphatic hydroxyl groups is 1. The first-order valence-electron chi connectivity index (χ1n) is 4.49. The predicted octanol–water partition coefficient (Wildman–Crippen LogP) is 3.66. The fraction of sp³-hybridized carbons (Fsp3) is 0.455. The lowest BCUT2D eigenvalue weighted by molar-refractivity contribution is 0.159. The zero-order valence-electron chi connectivity index (χ0n) is 8.35. The highest BCUT2D eigenvalue weighted by Crippen LogP contribution is 2.28. The highest BCUT2D eigenvalue weighted by molar-refractivity contribution is 9.10. The third-order valence-corrected chi connectivity index (χ3v) is 2.96. The van der Waals surface area contributed by atoms with E-state index in [9.17, 15) is 0 Å². The second-order valence-corrected chi connectivity index (χ2v) is 5.56. The Morgan fingerprint density at radius 3 is 2.57 bits per heavy atom. The minimum Gasteiger partial charge on any atom is -0.396 e. The summed E-state index contributed by atoms with van der Waals surface area (Å²) in [4.78, 5) is 0. The van der Waals surface area contributed by atoms with E-state index in [2.05, 4.69) is 15.9 Å². The van der Waals surface area contributed by atoms with Gasteiger partial charge in [-0.15, -0.1) is 0 Å². The minimum atomic E-state index is -0.114. The Hall–Kier alpha value is -0.0500. The Bertz CT molecular complexity index is 323. The van der Waals surface area contributed by atoms with Gasteiger partial charge >= 0.3 is 0 Å². The maximum Gasteiger partial charge on any atom is 0.0485 e. The third-order valence-electron chi connectivity index (χ3n) is 2.11. The van der Waals surface area contributed by atoms with Crippen molar-refractivity contribution in [2.45, 2.75) is 20.3 Å². The first kappa shape index (κ1) is 12.0. The molecule has 0 atom stereocenters. The number of hydrogen-bond donors (Lipinski definition) is 1. The van der Waals surface area contributed by atoms with Gasteiger partial charge in [0.05, 0.1) is 0 Å². The van der Waals surface area contributed by atoms with E-state index in [1.807, 2.05) is 32.0 Å². The quantitative estimate of drug-likeness (QED) is 0.894. The van der Waals surface area contributed by atoms with Gasteiger partial charge in [-0.2, -0.15) is 0 Å². The second kappa shape index (κ2) is 4.65. The predicted molar refractivity (Wildman–Crippen MR) is 63.7 cm³/mol. The summed E-state index contributed by atoms with van der Waals surface area (Å²) in [6.07, 6.45) is 0.787. The molecule has 1 N–H and O–H groups in total. The summed E-state index contributed by atoms with van der Waals surface area (Å²) in [5, 5.41) is 9.90. The van der Waals surface area contributed by atoms with E-state index >= 15 is 0 Å². The molecule has 0 radical (unpaired) electrons. The molecule has 0 fully saturated rings. The van der Waals surface area contributed by atoms with Crippen molar-refractivity contribution < 1.29 is 5.11 Å². The number of aliphatic hydroxyl groups excluding tert-OH is 1. The molecule has 0 unspecified atom stereocenters. The van der Waals surface area contributed by atoms with Crippen LogP contribution in [0.2, 0.25) is 5.02 Å². The van der Waals surface area contributed by atoms with Gasteiger partial charge < -0.3 is 5.11 Å². The van der Waals surface area contributed by atoms with E-state index in [1.54, 1.807) is 0 Å². The normalized spacial score (nSPS) is 11.8. The van der Waals surface area contributed by atoms with Crippen LogP contribution in [0.4, 0.5) is 0 Å². The lowest BCUT2D eigenvalue weighted by atomic mass is 9.87. The number of rotatable bonds is 3. The summed E-state index contributed by atoms with van der Waals surface area (Å²) in [7, 11) is 0. The van der Waals surface area contributed by atoms with E-state index in [4.69, 9.17) is 16.7 Å². The van der Waals surface area contributed by atoms with Crippen LogP contribution in [0.25, 0.3) is 0 Å². The molecule has 14 heavy (non-hydrogen) atoms. The lowest BCUT2D eigenvalue weighted by Crippen LogP contribution is -2.19. The largest absolute Gasteiger partial charge is 0.396 e. The maximum absolute atomic E-state index is 9.15. The van der Waals surface area contributed by atoms with E-state index in [1.165, 1.54) is 0 Å². The van der Waals surface area contributed by atoms with Crippen LogP contribution in [0, 0.1) is 5.41 Å². The summed E-state index contributed by atoms with van der Waals surface area (Å²) < 4.78 is 0.980. The summed E-state index contributed by atoms with van der Waals surface area (Å²) in [6.45, 7) is 4.20. The summed E-state index contributed by atoms with van der Waals surface area (Å²) in [6, 6.07) is 5.84. The maximum atomic E-state index is 9.15. The van der Waals surface area contributed by atoms with Crippen molar-refractivity contribution >= 4 is 27.5 Å². The Morgan fingerprint density at radius 2 is 2.07 bits per heavy atom. The molecule has 0 amide bonds. The summed E-state index contributed by atoms with van der Waals surface area (Å²) >= 11 is 9.44. The zero-order valence-corrected chi connectivity index (χ0v) is 10.7. The highest BCUT2D eigenvalue weighted by atomic mass is 79.9. The topological polar surface area (TPSA) is 20.2 Å². The van der Waals surface area contributed by atoms with Crippen LogP contribution in [0.3, 0.4) is 0 Å². The molecule has 0 aliphatic carbocycles. The van der Waals surface area contributed by atoms with E-state index in [0.29, 0.717) is 0 Å². The number of halogens is 2. The average Bonchev–Trinajstić information content (AvgIpc) is 2.10. The van der Waals surface area contributed by atoms with Gasteiger partial charge in [-0.05, 0) is 29.5 Å². The van der Waals surface area contributed by atoms with E-state index in [0.717, 1.165) is 21.5 Å². The van der Waals surface area contributed by atoms with Gasteiger partial charge in [0.2, 0.25) is 0 Å². The molecule has 0 saturated carbocycles. The van der Waals surface area contributed by atoms with Crippen molar-refractivity contribution in [1.82, 2.24) is 0 Å². The van der Waals surface area contributed by atoms with Gasteiger partial charge in [-0.3, -0.25) is 0 Å². The molecule has 0 spiro atoms. The summed E-state index contributed by atoms with van der Waals surface area (Å²) in [5.41, 5.74) is 0.964. The standard InChI is InChI=1S/C11H14BrClO/c1-11(2,7-14)6-8-3-4-9(12)5-10(8)13/h3-5,14H,6-7H2,1-2H3. The lowest BCUT2D eigenvalue weighted by Gasteiger charge is -2.22. The smallest absolute Gasteiger partial charge is 0.0485 e. The average molecular weight is 278 g/mol. The van der Waals surface area contributed by atoms with Crippen LogP contribution in [0.15, 0.2) is 22.7 Å². The first-order chi connectivity index (χ1) is 6.44. The van der Waals surface area contributed by atoms with Crippen LogP contribution in [-0.2, 0) is 6.42 Å². The fourth-order valence-electron chi connectivity index (χ4n) is 1.24. The minimum absolute atomic E-state index is 0.114. The van der Waals surface area contributed by atoms with Crippen molar-refractivity contribution in [3.8, 4) is 0 Å². The van der Waals surface area contributed by atoms with Gasteiger partial charge in [0.15, 0.2) is 0 Å². The Kier molecular flexibility index (Phi) is 3.99. The molecular formula is C11H14BrClO. The van der Waals surface area contributed by atoms with E-state index < -0.39 is 0 Å². The van der Waals surface area contributed by atoms with Gasteiger partial charge in [0.1, 0.15) is 0 Å². The Labute approximate surface area is 98.2 Å². The van der Waals surface area contributed by atoms with Crippen LogP contribution in [0.1, 0.15) is 19.4 Å². The van der Waals surface area contributed by atoms with Crippen LogP contribution >= 0.6 is 27.5 Å². The van der Waals surface area contributed by atoms with Crippen molar-refractivity contribution in [2.24, 2.45) is 5.41 Å². The van der Waals surface area contributed by atoms with Crippen LogP contribution in [0.5, 0.6) is 0 Å². The van der Waals surface area contributed by atoms with Gasteiger partial charge in [-0.1, -0.05) is 47.4 Å². The number of hydrogen-bond acceptors (Lipinski definition) is 1. The molecule has 1 nitrogen and oxygen atoms in total. The Balaban J connectivity index is 2.87. The molecule has 1 rings (SSSR count). The van der Waals surface area contributed by atoms with Crippen molar-refractivity contribution in [1.29, 1.82) is 0 Å². The molecule has 0 bridgehead atoms. The number of benzene rings is 1. The molecule has 0 aliphatic heterocycles. The zero-order chi connectivity index (χ0) is 10.8. The van der Waals surface area contributed by atoms with Crippen LogP contribution < -0.4 is 0 Å². The van der Waals surface area contributed by atoms with Crippen molar-refractivity contribution in [3.05, 3.63) is 33.3 Å². The molecule has 78 valence electrons. The summed E-state index contributed by atoms with van der Waals surface area (Å²) in [5.74, 6) is 0. The van der Waals surface area contributed by atoms with Crippen LogP contribution in [-0.4, -0.2) is 11.7 Å².